The third-order valence-corrected chi connectivity index (χ3v) is 18.5. The molecule has 2 saturated carbocycles. The van der Waals surface area contributed by atoms with Crippen LogP contribution in [0.4, 0.5) is 21.8 Å². The minimum Gasteiger partial charge on any atom is -0.507 e. The molecular formula is C60H70ClFN12O5. The first-order valence-corrected chi connectivity index (χ1v) is 28.5. The van der Waals surface area contributed by atoms with E-state index in [1.165, 1.54) is 11.6 Å². The molecule has 0 bridgehead atoms. The van der Waals surface area contributed by atoms with E-state index in [-0.39, 0.29) is 59.8 Å². The number of nitrogens with one attached hydrogen (secondary N) is 1. The highest BCUT2D eigenvalue weighted by atomic mass is 35.5. The molecule has 6 aromatic rings. The molecule has 6 atom stereocenters. The van der Waals surface area contributed by atoms with Crippen molar-refractivity contribution >= 4 is 40.8 Å². The van der Waals surface area contributed by atoms with Crippen LogP contribution in [0.15, 0.2) is 101 Å². The Morgan fingerprint density at radius 1 is 0.937 bits per heavy atom. The molecule has 5 fully saturated rings. The Morgan fingerprint density at radius 2 is 1.65 bits per heavy atom. The van der Waals surface area contributed by atoms with Gasteiger partial charge in [0.1, 0.15) is 28.2 Å². The van der Waals surface area contributed by atoms with E-state index in [1.54, 1.807) is 35.2 Å². The lowest BCUT2D eigenvalue weighted by atomic mass is 9.49. The van der Waals surface area contributed by atoms with Crippen LogP contribution in [0.2, 0.25) is 5.02 Å². The number of rotatable bonds is 13. The quantitative estimate of drug-likeness (QED) is 0.0849. The number of aliphatic hydroxyl groups excluding tert-OH is 1. The summed E-state index contributed by atoms with van der Waals surface area (Å²) in [5, 5.41) is 42.9. The molecule has 3 aromatic carbocycles. The Kier molecular flexibility index (Phi) is 14.0. The molecule has 2 aliphatic carbocycles. The van der Waals surface area contributed by atoms with Crippen LogP contribution in [0.25, 0.3) is 22.4 Å². The molecule has 5 N–H and O–H groups in total. The maximum atomic E-state index is 14.7. The standard InChI is InChI=1S/C60H70ClFN12O5/c1-6-41-32-72(48-24-47(67-68-55(48)63)45-12-8-10-14-50(45)76)31-35(4)74(41)58-64-29-39(30-65-58)36-19-21-71(22-20-36)42-27-60(28-42)25-38(26-60)53-52(61)54(78-69-53)51(34(2)3)57(77)73-33-43(75)23-49(73)56-66-59(5,79-70-56)40-17-15-37(16-18-40)44-11-7-9-13-46(44)62/h7-18,24,29-30,34-36,38,41-43,49,51,75-76H,6,19-23,25-28,31-33H2,1-5H3,(H2,63,68)(H,66,70)/t35?,38-,41?,42-,43-,49+,51-,59-,60?/m1/s1. The van der Waals surface area contributed by atoms with E-state index in [0.717, 1.165) is 93.0 Å². The van der Waals surface area contributed by atoms with Crippen LogP contribution in [0, 0.1) is 17.2 Å². The number of β-amino-alcohol motifs (C(OH)–C–C–N with tert-alkyl or cyclic N) is 1. The molecule has 1 spiro atoms. The predicted octanol–water partition coefficient (Wildman–Crippen LogP) is 9.58. The van der Waals surface area contributed by atoms with E-state index in [0.29, 0.717) is 57.8 Å². The smallest absolute Gasteiger partial charge is 0.234 e. The van der Waals surface area contributed by atoms with Crippen molar-refractivity contribution in [2.45, 2.75) is 140 Å². The summed E-state index contributed by atoms with van der Waals surface area (Å²) in [6.07, 6.45) is 11.0. The number of piperazine rings is 1. The molecule has 3 aromatic heterocycles. The first kappa shape index (κ1) is 52.8. The summed E-state index contributed by atoms with van der Waals surface area (Å²) in [5.41, 5.74) is 11.6. The number of nitrogens with zero attached hydrogens (tertiary/aromatic N) is 10. The number of carbonyl (C=O) groups excluding carboxylic acids is 1. The monoisotopic (exact) mass is 1090 g/mol. The Hall–Kier alpha value is -6.89. The first-order chi connectivity index (χ1) is 38.1. The molecule has 17 nitrogen and oxygen atoms in total. The van der Waals surface area contributed by atoms with Gasteiger partial charge in [-0.1, -0.05) is 97.3 Å². The number of oxime groups is 1. The summed E-state index contributed by atoms with van der Waals surface area (Å²) < 4.78 is 20.6. The largest absolute Gasteiger partial charge is 0.507 e. The molecule has 0 radical (unpaired) electrons. The Morgan fingerprint density at radius 3 is 2.34 bits per heavy atom. The van der Waals surface area contributed by atoms with E-state index < -0.39 is 23.8 Å². The lowest BCUT2D eigenvalue weighted by molar-refractivity contribution is -0.134. The Bertz CT molecular complexity index is 3230. The number of nitrogen functional groups attached to an aromatic ring is 1. The van der Waals surface area contributed by atoms with Crippen LogP contribution in [-0.4, -0.2) is 120 Å². The summed E-state index contributed by atoms with van der Waals surface area (Å²) in [7, 11) is 0. The van der Waals surface area contributed by atoms with Crippen LogP contribution in [-0.2, 0) is 15.4 Å². The van der Waals surface area contributed by atoms with Gasteiger partial charge in [0.2, 0.25) is 17.6 Å². The van der Waals surface area contributed by atoms with Gasteiger partial charge < -0.3 is 50.2 Å². The number of amides is 1. The highest BCUT2D eigenvalue weighted by molar-refractivity contribution is 6.32. The topological polar surface area (TPSA) is 208 Å². The molecule has 12 rings (SSSR count). The van der Waals surface area contributed by atoms with E-state index in [9.17, 15) is 19.4 Å². The second kappa shape index (κ2) is 21.0. The molecule has 79 heavy (non-hydrogen) atoms. The minimum atomic E-state index is -1.05. The number of phenolic OH excluding ortho intramolecular Hbond substituents is 1. The minimum absolute atomic E-state index is 0.106. The fraction of sp³-hybridized carbons (Fsp3) is 0.483. The molecule has 19 heteroatoms. The number of aliphatic hydroxyl groups is 1. The molecule has 1 amide bonds. The van der Waals surface area contributed by atoms with Crippen LogP contribution in [0.5, 0.6) is 5.75 Å². The van der Waals surface area contributed by atoms with E-state index >= 15 is 0 Å². The maximum absolute atomic E-state index is 14.7. The van der Waals surface area contributed by atoms with Crippen molar-refractivity contribution in [3.8, 4) is 28.1 Å². The number of carbonyl (C=O) groups is 1. The molecule has 7 heterocycles. The SMILES string of the molecule is CCC1CN(c2cc(-c3ccccc3O)nnc2N)CC(C)N1c1ncc(C2CCN([C@H]3CC4(C[C@H](c5noc([C@H](C(=O)N6C[C@H](O)C[C@H]6C6=NO[C@](C)(c7ccc(-c8ccccc8F)cc7)N6)C(C)C)c5Cl)C4)C3)CC2)cn1. The van der Waals surface area contributed by atoms with Gasteiger partial charge in [0.05, 0.1) is 23.5 Å². The van der Waals surface area contributed by atoms with Gasteiger partial charge in [-0.2, -0.15) is 0 Å². The number of hydrogen-bond acceptors (Lipinski definition) is 16. The average Bonchev–Trinajstić information content (AvgIpc) is 4.26. The van der Waals surface area contributed by atoms with Gasteiger partial charge in [-0.25, -0.2) is 14.4 Å². The molecular weight excluding hydrogens is 1020 g/mol. The molecule has 2 unspecified atom stereocenters. The van der Waals surface area contributed by atoms with Crippen LogP contribution in [0.1, 0.15) is 126 Å². The van der Waals surface area contributed by atoms with E-state index in [2.05, 4.69) is 54.4 Å². The number of likely N-dealkylation sites (tertiary alicyclic amines) is 2. The van der Waals surface area contributed by atoms with Crippen molar-refractivity contribution in [2.75, 3.05) is 48.3 Å². The number of hydrogen-bond donors (Lipinski definition) is 4. The zero-order chi connectivity index (χ0) is 54.9. The van der Waals surface area contributed by atoms with Crippen LogP contribution >= 0.6 is 11.6 Å². The second-order valence-electron chi connectivity index (χ2n) is 23.7. The number of para-hydroxylation sites is 1. The molecule has 4 aliphatic heterocycles. The summed E-state index contributed by atoms with van der Waals surface area (Å²) in [5.74, 6) is 1.24. The number of piperidine rings is 1. The number of anilines is 3. The Balaban J connectivity index is 0.625. The number of aromatic nitrogens is 5. The number of halogens is 2. The van der Waals surface area contributed by atoms with E-state index in [4.69, 9.17) is 36.7 Å². The van der Waals surface area contributed by atoms with Gasteiger partial charge in [-0.3, -0.25) is 4.79 Å². The third kappa shape index (κ3) is 9.81. The summed E-state index contributed by atoms with van der Waals surface area (Å²) in [6, 6.07) is 23.4. The summed E-state index contributed by atoms with van der Waals surface area (Å²) in [6.45, 7) is 13.8. The predicted molar refractivity (Wildman–Crippen MR) is 301 cm³/mol. The van der Waals surface area contributed by atoms with Crippen molar-refractivity contribution < 1.29 is 28.8 Å². The van der Waals surface area contributed by atoms with Crippen molar-refractivity contribution in [1.29, 1.82) is 0 Å². The third-order valence-electron chi connectivity index (χ3n) is 18.2. The zero-order valence-electron chi connectivity index (χ0n) is 45.5. The molecule has 3 saturated heterocycles. The number of aromatic hydroxyl groups is 1. The van der Waals surface area contributed by atoms with Crippen molar-refractivity contribution in [2.24, 2.45) is 16.5 Å². The lowest BCUT2D eigenvalue weighted by Gasteiger charge is -2.60. The van der Waals surface area contributed by atoms with E-state index in [1.807, 2.05) is 75.6 Å². The summed E-state index contributed by atoms with van der Waals surface area (Å²) >= 11 is 7.18. The fourth-order valence-corrected chi connectivity index (χ4v) is 14.2. The van der Waals surface area contributed by atoms with Crippen LogP contribution in [0.3, 0.4) is 0 Å². The number of phenols is 1. The average molecular weight is 1090 g/mol. The van der Waals surface area contributed by atoms with Gasteiger partial charge in [-0.15, -0.1) is 10.2 Å². The van der Waals surface area contributed by atoms with Gasteiger partial charge in [0.25, 0.3) is 0 Å². The van der Waals surface area contributed by atoms with Crippen molar-refractivity contribution in [1.82, 2.24) is 40.4 Å². The van der Waals surface area contributed by atoms with Gasteiger partial charge in [0, 0.05) is 86.1 Å². The van der Waals surface area contributed by atoms with Gasteiger partial charge >= 0.3 is 0 Å². The number of benzene rings is 3. The Labute approximate surface area is 465 Å². The fourth-order valence-electron chi connectivity index (χ4n) is 13.8. The second-order valence-corrected chi connectivity index (χ2v) is 24.1. The first-order valence-electron chi connectivity index (χ1n) is 28.1. The van der Waals surface area contributed by atoms with Gasteiger partial charge in [-0.05, 0) is 118 Å². The van der Waals surface area contributed by atoms with Crippen molar-refractivity contribution in [3.05, 3.63) is 125 Å². The van der Waals surface area contributed by atoms with Crippen molar-refractivity contribution in [3.63, 3.8) is 0 Å². The zero-order valence-corrected chi connectivity index (χ0v) is 46.2. The molecule has 6 aliphatic rings. The number of amidine groups is 1. The highest BCUT2D eigenvalue weighted by Crippen LogP contribution is 2.64. The highest BCUT2D eigenvalue weighted by Gasteiger charge is 2.56. The maximum Gasteiger partial charge on any atom is 0.234 e. The lowest BCUT2D eigenvalue weighted by Crippen LogP contribution is -2.58. The normalized spacial score (nSPS) is 27.6. The summed E-state index contributed by atoms with van der Waals surface area (Å²) in [4.78, 5) is 39.6. The van der Waals surface area contributed by atoms with Gasteiger partial charge in [0.15, 0.2) is 17.4 Å². The molecule has 414 valence electrons. The number of nitrogens with two attached hydrogens (primary N) is 1. The van der Waals surface area contributed by atoms with Crippen LogP contribution < -0.4 is 20.9 Å².